The number of nitrogens with zero attached hydrogens (tertiary/aromatic N) is 3. The number of halogens is 1. The van der Waals surface area contributed by atoms with E-state index < -0.39 is 4.92 Å². The Morgan fingerprint density at radius 2 is 1.92 bits per heavy atom. The molecule has 0 spiro atoms. The fourth-order valence-corrected chi connectivity index (χ4v) is 3.13. The molecule has 2 aromatic rings. The first-order valence-corrected chi connectivity index (χ1v) is 8.11. The van der Waals surface area contributed by atoms with E-state index in [0.717, 1.165) is 5.56 Å². The van der Waals surface area contributed by atoms with Crippen LogP contribution >= 0.6 is 0 Å². The lowest BCUT2D eigenvalue weighted by Gasteiger charge is -2.31. The first kappa shape index (κ1) is 17.0. The van der Waals surface area contributed by atoms with Crippen LogP contribution in [0.25, 0.3) is 0 Å². The third-order valence-electron chi connectivity index (χ3n) is 4.47. The summed E-state index contributed by atoms with van der Waals surface area (Å²) in [5.74, 6) is -0.190. The molecule has 3 rings (SSSR count). The maximum Gasteiger partial charge on any atom is 0.311 e. The largest absolute Gasteiger partial charge is 0.351 e. The average Bonchev–Trinajstić information content (AvgIpc) is 2.62. The summed E-state index contributed by atoms with van der Waals surface area (Å²) in [6.07, 6.45) is 2.78. The number of hydrogen-bond donors (Lipinski definition) is 0. The van der Waals surface area contributed by atoms with Gasteiger partial charge in [-0.3, -0.25) is 14.9 Å². The number of pyridine rings is 1. The van der Waals surface area contributed by atoms with Crippen LogP contribution in [0.15, 0.2) is 36.5 Å². The van der Waals surface area contributed by atoms with Crippen LogP contribution in [0.1, 0.15) is 28.8 Å². The summed E-state index contributed by atoms with van der Waals surface area (Å²) >= 11 is 0. The fourth-order valence-electron chi connectivity index (χ4n) is 3.13. The highest BCUT2D eigenvalue weighted by atomic mass is 19.1. The maximum atomic E-state index is 13.0. The number of piperidine rings is 1. The number of aryl methyl sites for hydroxylation is 1. The number of Topliss-reactive ketones (excluding diaryl/α,β-unsaturated/α-hetero) is 1. The Morgan fingerprint density at radius 3 is 2.52 bits per heavy atom. The van der Waals surface area contributed by atoms with Crippen molar-refractivity contribution < 1.29 is 14.1 Å². The van der Waals surface area contributed by atoms with Crippen molar-refractivity contribution in [1.82, 2.24) is 4.98 Å². The number of ketones is 1. The van der Waals surface area contributed by atoms with Crippen molar-refractivity contribution in [3.8, 4) is 0 Å². The molecular weight excluding hydrogens is 325 g/mol. The van der Waals surface area contributed by atoms with Gasteiger partial charge in [-0.1, -0.05) is 0 Å². The highest BCUT2D eigenvalue weighted by molar-refractivity contribution is 5.98. The van der Waals surface area contributed by atoms with Crippen LogP contribution < -0.4 is 4.90 Å². The van der Waals surface area contributed by atoms with Crippen LogP contribution in [-0.4, -0.2) is 28.8 Å². The van der Waals surface area contributed by atoms with E-state index in [9.17, 15) is 19.3 Å². The first-order valence-electron chi connectivity index (χ1n) is 8.11. The number of rotatable bonds is 4. The van der Waals surface area contributed by atoms with E-state index in [1.165, 1.54) is 30.3 Å². The SMILES string of the molecule is Cc1cnc(N2CCC(C(=O)c3ccc(F)cc3)CC2)c([N+](=O)[O-])c1. The van der Waals surface area contributed by atoms with E-state index in [1.807, 2.05) is 4.90 Å². The quantitative estimate of drug-likeness (QED) is 0.482. The first-order chi connectivity index (χ1) is 12.0. The second kappa shape index (κ2) is 6.96. The Bertz CT molecular complexity index is 800. The van der Waals surface area contributed by atoms with Crippen LogP contribution in [0.3, 0.4) is 0 Å². The predicted molar refractivity (Wildman–Crippen MR) is 91.3 cm³/mol. The minimum Gasteiger partial charge on any atom is -0.351 e. The lowest BCUT2D eigenvalue weighted by atomic mass is 9.89. The number of aromatic nitrogens is 1. The van der Waals surface area contributed by atoms with Gasteiger partial charge in [-0.2, -0.15) is 0 Å². The van der Waals surface area contributed by atoms with Crippen molar-refractivity contribution in [2.75, 3.05) is 18.0 Å². The van der Waals surface area contributed by atoms with E-state index in [0.29, 0.717) is 37.3 Å². The molecule has 0 unspecified atom stereocenters. The van der Waals surface area contributed by atoms with Gasteiger partial charge in [0.1, 0.15) is 5.82 Å². The molecule has 0 amide bonds. The molecule has 0 N–H and O–H groups in total. The molecule has 0 bridgehead atoms. The Labute approximate surface area is 144 Å². The molecule has 130 valence electrons. The molecule has 25 heavy (non-hydrogen) atoms. The molecular formula is C18H18FN3O3. The van der Waals surface area contributed by atoms with Gasteiger partial charge in [-0.25, -0.2) is 9.37 Å². The van der Waals surface area contributed by atoms with Crippen LogP contribution in [0.5, 0.6) is 0 Å². The van der Waals surface area contributed by atoms with Crippen molar-refractivity contribution >= 4 is 17.3 Å². The zero-order chi connectivity index (χ0) is 18.0. The number of hydrogen-bond acceptors (Lipinski definition) is 5. The van der Waals surface area contributed by atoms with Crippen LogP contribution in [0.2, 0.25) is 0 Å². The summed E-state index contributed by atoms with van der Waals surface area (Å²) in [4.78, 5) is 29.4. The summed E-state index contributed by atoms with van der Waals surface area (Å²) in [5.41, 5.74) is 1.22. The molecule has 2 heterocycles. The number of carbonyl (C=O) groups excluding carboxylic acids is 1. The molecule has 0 radical (unpaired) electrons. The van der Waals surface area contributed by atoms with E-state index in [1.54, 1.807) is 13.1 Å². The molecule has 1 saturated heterocycles. The van der Waals surface area contributed by atoms with Crippen molar-refractivity contribution in [2.24, 2.45) is 5.92 Å². The van der Waals surface area contributed by atoms with Crippen LogP contribution in [-0.2, 0) is 0 Å². The topological polar surface area (TPSA) is 76.3 Å². The van der Waals surface area contributed by atoms with Crippen molar-refractivity contribution in [1.29, 1.82) is 0 Å². The maximum absolute atomic E-state index is 13.0. The lowest BCUT2D eigenvalue weighted by Crippen LogP contribution is -2.37. The van der Waals surface area contributed by atoms with Gasteiger partial charge in [-0.15, -0.1) is 0 Å². The van der Waals surface area contributed by atoms with Crippen molar-refractivity contribution in [3.05, 3.63) is 63.6 Å². The smallest absolute Gasteiger partial charge is 0.311 e. The molecule has 0 atom stereocenters. The van der Waals surface area contributed by atoms with Gasteiger partial charge in [0.2, 0.25) is 5.82 Å². The molecule has 1 aromatic carbocycles. The van der Waals surface area contributed by atoms with E-state index >= 15 is 0 Å². The zero-order valence-corrected chi connectivity index (χ0v) is 13.8. The van der Waals surface area contributed by atoms with Gasteiger partial charge in [0.15, 0.2) is 5.78 Å². The van der Waals surface area contributed by atoms with Crippen LogP contribution in [0, 0.1) is 28.8 Å². The standard InChI is InChI=1S/C18H18FN3O3/c1-12-10-16(22(24)25)18(20-11-12)21-8-6-14(7-9-21)17(23)13-2-4-15(19)5-3-13/h2-5,10-11,14H,6-9H2,1H3. The molecule has 1 aliphatic heterocycles. The highest BCUT2D eigenvalue weighted by Crippen LogP contribution is 2.31. The summed E-state index contributed by atoms with van der Waals surface area (Å²) in [7, 11) is 0. The molecule has 0 aliphatic carbocycles. The number of carbonyl (C=O) groups is 1. The Balaban J connectivity index is 1.71. The summed E-state index contributed by atoms with van der Waals surface area (Å²) < 4.78 is 13.0. The summed E-state index contributed by atoms with van der Waals surface area (Å²) in [6.45, 7) is 2.81. The van der Waals surface area contributed by atoms with Gasteiger partial charge in [0.05, 0.1) is 4.92 Å². The fraction of sp³-hybridized carbons (Fsp3) is 0.333. The molecule has 6 nitrogen and oxygen atoms in total. The average molecular weight is 343 g/mol. The second-order valence-electron chi connectivity index (χ2n) is 6.24. The normalized spacial score (nSPS) is 15.2. The minimum absolute atomic E-state index is 0.00832. The monoisotopic (exact) mass is 343 g/mol. The van der Waals surface area contributed by atoms with Gasteiger partial charge in [0.25, 0.3) is 0 Å². The van der Waals surface area contributed by atoms with E-state index in [2.05, 4.69) is 4.98 Å². The van der Waals surface area contributed by atoms with Crippen LogP contribution in [0.4, 0.5) is 15.9 Å². The Morgan fingerprint density at radius 1 is 1.28 bits per heavy atom. The minimum atomic E-state index is -0.426. The Hall–Kier alpha value is -2.83. The van der Waals surface area contributed by atoms with Gasteiger partial charge in [-0.05, 0) is 49.6 Å². The molecule has 1 fully saturated rings. The highest BCUT2D eigenvalue weighted by Gasteiger charge is 2.29. The summed E-state index contributed by atoms with van der Waals surface area (Å²) in [6, 6.07) is 7.06. The van der Waals surface area contributed by atoms with E-state index in [4.69, 9.17) is 0 Å². The van der Waals surface area contributed by atoms with Gasteiger partial charge < -0.3 is 4.90 Å². The third kappa shape index (κ3) is 3.65. The van der Waals surface area contributed by atoms with Gasteiger partial charge in [0, 0.05) is 36.8 Å². The molecule has 1 aromatic heterocycles. The zero-order valence-electron chi connectivity index (χ0n) is 13.8. The Kier molecular flexibility index (Phi) is 4.74. The number of anilines is 1. The second-order valence-corrected chi connectivity index (χ2v) is 6.24. The van der Waals surface area contributed by atoms with E-state index in [-0.39, 0.29) is 23.2 Å². The molecule has 1 aliphatic rings. The van der Waals surface area contributed by atoms with Crippen molar-refractivity contribution in [3.63, 3.8) is 0 Å². The number of benzene rings is 1. The van der Waals surface area contributed by atoms with Gasteiger partial charge >= 0.3 is 5.69 Å². The predicted octanol–water partition coefficient (Wildman–Crippen LogP) is 3.54. The third-order valence-corrected chi connectivity index (χ3v) is 4.47. The molecule has 0 saturated carbocycles. The lowest BCUT2D eigenvalue weighted by molar-refractivity contribution is -0.384. The van der Waals surface area contributed by atoms with Crippen molar-refractivity contribution in [2.45, 2.75) is 19.8 Å². The molecule has 7 heteroatoms. The number of nitro groups is 1. The summed E-state index contributed by atoms with van der Waals surface area (Å²) in [5, 5.41) is 11.3.